The largest absolute Gasteiger partial charge is 0.354 e. The van der Waals surface area contributed by atoms with Crippen LogP contribution in [0.15, 0.2) is 72.8 Å². The molecule has 0 unspecified atom stereocenters. The minimum absolute atomic E-state index is 0.0555. The lowest BCUT2D eigenvalue weighted by Crippen LogP contribution is -2.44. The van der Waals surface area contributed by atoms with E-state index in [1.807, 2.05) is 12.1 Å². The van der Waals surface area contributed by atoms with E-state index in [1.165, 1.54) is 44.2 Å². The molecule has 0 atom stereocenters. The summed E-state index contributed by atoms with van der Waals surface area (Å²) in [5, 5.41) is 12.9. The maximum absolute atomic E-state index is 13.3. The Kier molecular flexibility index (Phi) is 10.9. The molecule has 0 bridgehead atoms. The molecule has 1 fully saturated rings. The third-order valence-electron chi connectivity index (χ3n) is 7.27. The first kappa shape index (κ1) is 31.5. The Labute approximate surface area is 265 Å². The first-order valence-electron chi connectivity index (χ1n) is 14.8. The number of aromatic nitrogens is 3. The Morgan fingerprint density at radius 3 is 2.07 bits per heavy atom. The molecule has 6 N–H and O–H groups in total. The van der Waals surface area contributed by atoms with Crippen LogP contribution in [-0.4, -0.2) is 33.4 Å². The average molecular weight is 632 g/mol. The van der Waals surface area contributed by atoms with Gasteiger partial charge in [0.15, 0.2) is 0 Å². The molecule has 0 radical (unpaired) electrons. The van der Waals surface area contributed by atoms with Crippen molar-refractivity contribution < 1.29 is 14.0 Å². The van der Waals surface area contributed by atoms with Crippen LogP contribution in [0.4, 0.5) is 38.4 Å². The molecule has 1 heterocycles. The number of rotatable bonds is 11. The quantitative estimate of drug-likeness (QED) is 0.104. The summed E-state index contributed by atoms with van der Waals surface area (Å²) in [6.07, 6.45) is 6.21. The molecule has 4 aromatic rings. The number of carbonyl (C=O) groups is 2. The van der Waals surface area contributed by atoms with Gasteiger partial charge in [-0.25, -0.2) is 14.6 Å². The van der Waals surface area contributed by atoms with E-state index < -0.39 is 6.03 Å². The molecule has 0 saturated heterocycles. The van der Waals surface area contributed by atoms with Gasteiger partial charge in [-0.3, -0.25) is 10.2 Å². The van der Waals surface area contributed by atoms with Gasteiger partial charge in [0.05, 0.1) is 6.42 Å². The van der Waals surface area contributed by atoms with E-state index in [2.05, 4.69) is 47.1 Å². The van der Waals surface area contributed by atoms with Gasteiger partial charge in [-0.15, -0.1) is 0 Å². The van der Waals surface area contributed by atoms with Crippen molar-refractivity contribution in [1.82, 2.24) is 25.8 Å². The number of hydrogen-bond donors (Lipinski definition) is 6. The highest BCUT2D eigenvalue weighted by Crippen LogP contribution is 2.24. The molecule has 45 heavy (non-hydrogen) atoms. The van der Waals surface area contributed by atoms with Gasteiger partial charge >= 0.3 is 6.03 Å². The predicted octanol–water partition coefficient (Wildman–Crippen LogP) is 6.41. The topological polar surface area (TPSA) is 145 Å². The van der Waals surface area contributed by atoms with Crippen molar-refractivity contribution in [2.45, 2.75) is 45.1 Å². The molecule has 3 aromatic carbocycles. The van der Waals surface area contributed by atoms with E-state index in [4.69, 9.17) is 11.6 Å². The lowest BCUT2D eigenvalue weighted by molar-refractivity contribution is -0.121. The zero-order valence-corrected chi connectivity index (χ0v) is 25.3. The minimum atomic E-state index is -0.582. The minimum Gasteiger partial charge on any atom is -0.354 e. The van der Waals surface area contributed by atoms with Crippen molar-refractivity contribution in [3.63, 3.8) is 0 Å². The SMILES string of the molecule is O=C(Cc1ccc(Nc2nc(NCc3ccc(F)cc3)nc(NCC3CCCCC3)n2)cc1)NNC(=O)Nc1ccc(Cl)cc1. The molecule has 13 heteroatoms. The number of anilines is 5. The van der Waals surface area contributed by atoms with Crippen LogP contribution in [-0.2, 0) is 17.8 Å². The number of carbonyl (C=O) groups excluding carboxylic acids is 2. The van der Waals surface area contributed by atoms with Crippen LogP contribution in [0.3, 0.4) is 0 Å². The first-order valence-corrected chi connectivity index (χ1v) is 15.2. The summed E-state index contributed by atoms with van der Waals surface area (Å²) in [7, 11) is 0. The fraction of sp³-hybridized carbons (Fsp3) is 0.281. The van der Waals surface area contributed by atoms with Gasteiger partial charge in [0.25, 0.3) is 0 Å². The summed E-state index contributed by atoms with van der Waals surface area (Å²) in [4.78, 5) is 38.1. The van der Waals surface area contributed by atoms with E-state index in [9.17, 15) is 14.0 Å². The predicted molar refractivity (Wildman–Crippen MR) is 174 cm³/mol. The standard InChI is InChI=1S/C32H35ClFN9O2/c33-24-10-16-27(17-11-24)38-32(45)43-42-28(44)18-21-8-14-26(15-9-21)37-31-40-29(35-19-22-4-2-1-3-5-22)39-30(41-31)36-20-23-6-12-25(34)13-7-23/h6-17,22H,1-5,18-20H2,(H,42,44)(H2,38,43,45)(H3,35,36,37,39,40,41). The molecule has 0 spiro atoms. The number of halogens is 2. The molecule has 11 nitrogen and oxygen atoms in total. The van der Waals surface area contributed by atoms with Crippen LogP contribution in [0.5, 0.6) is 0 Å². The molecule has 234 valence electrons. The van der Waals surface area contributed by atoms with E-state index in [0.717, 1.165) is 17.7 Å². The Hall–Kier alpha value is -4.97. The average Bonchev–Trinajstić information content (AvgIpc) is 3.05. The van der Waals surface area contributed by atoms with Crippen molar-refractivity contribution in [3.8, 4) is 0 Å². The fourth-order valence-corrected chi connectivity index (χ4v) is 5.01. The van der Waals surface area contributed by atoms with Crippen molar-refractivity contribution in [2.24, 2.45) is 5.92 Å². The van der Waals surface area contributed by atoms with Crippen molar-refractivity contribution >= 4 is 52.8 Å². The van der Waals surface area contributed by atoms with Crippen molar-refractivity contribution in [1.29, 1.82) is 0 Å². The Morgan fingerprint density at radius 2 is 1.36 bits per heavy atom. The van der Waals surface area contributed by atoms with Gasteiger partial charge in [-0.05, 0) is 78.4 Å². The third kappa shape index (κ3) is 10.3. The highest BCUT2D eigenvalue weighted by atomic mass is 35.5. The summed E-state index contributed by atoms with van der Waals surface area (Å²) < 4.78 is 13.3. The highest BCUT2D eigenvalue weighted by molar-refractivity contribution is 6.30. The summed E-state index contributed by atoms with van der Waals surface area (Å²) >= 11 is 5.85. The Morgan fingerprint density at radius 1 is 0.733 bits per heavy atom. The van der Waals surface area contributed by atoms with Crippen molar-refractivity contribution in [3.05, 3.63) is 94.8 Å². The molecule has 1 saturated carbocycles. The van der Waals surface area contributed by atoms with E-state index >= 15 is 0 Å². The van der Waals surface area contributed by atoms with Gasteiger partial charge in [0.1, 0.15) is 5.82 Å². The smallest absolute Gasteiger partial charge is 0.337 e. The van der Waals surface area contributed by atoms with Gasteiger partial charge in [-0.2, -0.15) is 15.0 Å². The summed E-state index contributed by atoms with van der Waals surface area (Å²) in [5.74, 6) is 1.09. The lowest BCUT2D eigenvalue weighted by atomic mass is 9.89. The van der Waals surface area contributed by atoms with Crippen molar-refractivity contribution in [2.75, 3.05) is 27.8 Å². The maximum Gasteiger partial charge on any atom is 0.337 e. The summed E-state index contributed by atoms with van der Waals surface area (Å²) in [6.45, 7) is 1.20. The number of amides is 3. The monoisotopic (exact) mass is 631 g/mol. The number of nitrogens with zero attached hydrogens (tertiary/aromatic N) is 3. The van der Waals surface area contributed by atoms with Crippen LogP contribution in [0.1, 0.15) is 43.2 Å². The molecule has 5 rings (SSSR count). The van der Waals surface area contributed by atoms with Crippen LogP contribution in [0.2, 0.25) is 5.02 Å². The Bertz CT molecular complexity index is 1570. The normalized spacial score (nSPS) is 13.0. The molecule has 3 amide bonds. The molecule has 1 aliphatic carbocycles. The maximum atomic E-state index is 13.3. The number of urea groups is 1. The summed E-state index contributed by atoms with van der Waals surface area (Å²) in [5.41, 5.74) is 7.60. The molecule has 0 aliphatic heterocycles. The zero-order valence-electron chi connectivity index (χ0n) is 24.6. The molecule has 1 aromatic heterocycles. The zero-order chi connectivity index (χ0) is 31.4. The van der Waals surface area contributed by atoms with Crippen LogP contribution in [0, 0.1) is 11.7 Å². The van der Waals surface area contributed by atoms with Crippen LogP contribution < -0.4 is 32.1 Å². The Balaban J connectivity index is 1.16. The van der Waals surface area contributed by atoms with Gasteiger partial charge in [0.2, 0.25) is 23.8 Å². The van der Waals surface area contributed by atoms with E-state index in [-0.39, 0.29) is 18.1 Å². The third-order valence-corrected chi connectivity index (χ3v) is 7.52. The van der Waals surface area contributed by atoms with Gasteiger partial charge < -0.3 is 21.3 Å². The summed E-state index contributed by atoms with van der Waals surface area (Å²) in [6, 6.07) is 19.5. The number of hydrazine groups is 1. The van der Waals surface area contributed by atoms with E-state index in [1.54, 1.807) is 48.5 Å². The van der Waals surface area contributed by atoms with Gasteiger partial charge in [-0.1, -0.05) is 55.1 Å². The lowest BCUT2D eigenvalue weighted by Gasteiger charge is -2.21. The number of hydrogen-bond acceptors (Lipinski definition) is 8. The fourth-order valence-electron chi connectivity index (χ4n) is 4.89. The van der Waals surface area contributed by atoms with Crippen LogP contribution >= 0.6 is 11.6 Å². The van der Waals surface area contributed by atoms with Gasteiger partial charge in [0, 0.05) is 29.5 Å². The van der Waals surface area contributed by atoms with E-state index in [0.29, 0.717) is 46.7 Å². The molecular formula is C32H35ClFN9O2. The molecular weight excluding hydrogens is 597 g/mol. The highest BCUT2D eigenvalue weighted by Gasteiger charge is 2.15. The first-order chi connectivity index (χ1) is 21.9. The second kappa shape index (κ2) is 15.7. The number of nitrogens with one attached hydrogen (secondary N) is 6. The molecule has 1 aliphatic rings. The van der Waals surface area contributed by atoms with Crippen LogP contribution in [0.25, 0.3) is 0 Å². The second-order valence-electron chi connectivity index (χ2n) is 10.8. The number of benzene rings is 3. The second-order valence-corrected chi connectivity index (χ2v) is 11.2.